The third kappa shape index (κ3) is 7.06. The number of amides is 1. The molecular formula is C15H37NO4Si4. The Hall–Kier alpha value is -0.0425. The molecule has 0 heterocycles. The molecule has 0 aliphatic heterocycles. The van der Waals surface area contributed by atoms with E-state index in [0.717, 1.165) is 0 Å². The van der Waals surface area contributed by atoms with Crippen LogP contribution in [0.15, 0.2) is 12.2 Å². The summed E-state index contributed by atoms with van der Waals surface area (Å²) in [5, 5.41) is -1.01. The lowest BCUT2D eigenvalue weighted by Crippen LogP contribution is -2.67. The molecule has 1 amide bonds. The molecule has 5 nitrogen and oxygen atoms in total. The Bertz CT molecular complexity index is 475. The molecular weight excluding hydrogens is 371 g/mol. The van der Waals surface area contributed by atoms with Crippen LogP contribution in [0.1, 0.15) is 6.92 Å². The summed E-state index contributed by atoms with van der Waals surface area (Å²) in [6, 6.07) is 0. The van der Waals surface area contributed by atoms with E-state index >= 15 is 0 Å². The van der Waals surface area contributed by atoms with Gasteiger partial charge in [-0.25, -0.2) is 0 Å². The maximum atomic E-state index is 12.0. The molecule has 2 N–H and O–H groups in total. The van der Waals surface area contributed by atoms with Crippen LogP contribution in [0.4, 0.5) is 0 Å². The molecule has 1 unspecified atom stereocenters. The lowest BCUT2D eigenvalue weighted by Gasteiger charge is -2.53. The molecule has 0 aliphatic rings. The molecule has 0 spiro atoms. The van der Waals surface area contributed by atoms with Crippen LogP contribution in [-0.4, -0.2) is 52.1 Å². The predicted molar refractivity (Wildman–Crippen MR) is 113 cm³/mol. The summed E-state index contributed by atoms with van der Waals surface area (Å²) in [5.41, 5.74) is 5.84. The van der Waals surface area contributed by atoms with Gasteiger partial charge in [0.2, 0.25) is 5.91 Å². The van der Waals surface area contributed by atoms with Crippen LogP contribution in [-0.2, 0) is 18.1 Å². The van der Waals surface area contributed by atoms with Crippen molar-refractivity contribution in [3.63, 3.8) is 0 Å². The number of rotatable bonds is 9. The second-order valence-corrected chi connectivity index (χ2v) is 24.2. The molecule has 0 aromatic heterocycles. The topological polar surface area (TPSA) is 70.8 Å². The number of nitrogens with two attached hydrogens (primary N) is 1. The zero-order valence-electron chi connectivity index (χ0n) is 17.4. The van der Waals surface area contributed by atoms with Crippen molar-refractivity contribution in [3.8, 4) is 0 Å². The van der Waals surface area contributed by atoms with E-state index in [9.17, 15) is 4.79 Å². The van der Waals surface area contributed by atoms with E-state index < -0.39 is 41.9 Å². The van der Waals surface area contributed by atoms with Crippen LogP contribution in [0.3, 0.4) is 0 Å². The van der Waals surface area contributed by atoms with Gasteiger partial charge in [-0.3, -0.25) is 4.79 Å². The van der Waals surface area contributed by atoms with E-state index in [1.807, 2.05) is 6.92 Å². The van der Waals surface area contributed by atoms with Gasteiger partial charge in [0.1, 0.15) is 5.22 Å². The summed E-state index contributed by atoms with van der Waals surface area (Å²) >= 11 is 0. The van der Waals surface area contributed by atoms with Crippen LogP contribution in [0, 0.1) is 0 Å². The fourth-order valence-corrected chi connectivity index (χ4v) is 9.78. The predicted octanol–water partition coefficient (Wildman–Crippen LogP) is 2.36. The van der Waals surface area contributed by atoms with Gasteiger partial charge in [-0.1, -0.05) is 6.58 Å². The van der Waals surface area contributed by atoms with Gasteiger partial charge in [0, 0.05) is 5.57 Å². The first kappa shape index (κ1) is 24.0. The molecule has 0 saturated carbocycles. The molecule has 1 atom stereocenters. The maximum Gasteiger partial charge on any atom is 0.246 e. The normalized spacial score (nSPS) is 16.8. The number of hydrogen-bond acceptors (Lipinski definition) is 4. The molecule has 24 heavy (non-hydrogen) atoms. The third-order valence-electron chi connectivity index (χ3n) is 3.25. The highest BCUT2D eigenvalue weighted by Crippen LogP contribution is 2.40. The molecule has 0 aliphatic carbocycles. The van der Waals surface area contributed by atoms with Gasteiger partial charge < -0.3 is 19.0 Å². The highest BCUT2D eigenvalue weighted by molar-refractivity contribution is 6.71. The summed E-state index contributed by atoms with van der Waals surface area (Å²) in [6.07, 6.45) is 0. The van der Waals surface area contributed by atoms with Crippen LogP contribution in [0.25, 0.3) is 0 Å². The Kier molecular flexibility index (Phi) is 7.28. The number of carbonyl (C=O) groups excluding carboxylic acids is 1. The lowest BCUT2D eigenvalue weighted by molar-refractivity contribution is -0.185. The van der Waals surface area contributed by atoms with Crippen LogP contribution >= 0.6 is 0 Å². The van der Waals surface area contributed by atoms with Gasteiger partial charge >= 0.3 is 0 Å². The zero-order valence-corrected chi connectivity index (χ0v) is 22.4. The van der Waals surface area contributed by atoms with Crippen LogP contribution in [0.5, 0.6) is 0 Å². The Morgan fingerprint density at radius 2 is 1.17 bits per heavy atom. The minimum Gasteiger partial charge on any atom is -0.407 e. The van der Waals surface area contributed by atoms with Gasteiger partial charge in [-0.05, 0) is 65.8 Å². The van der Waals surface area contributed by atoms with E-state index in [-0.39, 0.29) is 5.57 Å². The van der Waals surface area contributed by atoms with Gasteiger partial charge in [0.25, 0.3) is 0 Å². The summed E-state index contributed by atoms with van der Waals surface area (Å²) in [4.78, 5) is 12.0. The summed E-state index contributed by atoms with van der Waals surface area (Å²) in [5.74, 6) is -1.63. The Morgan fingerprint density at radius 1 is 0.875 bits per heavy atom. The lowest BCUT2D eigenvalue weighted by atomic mass is 10.0. The van der Waals surface area contributed by atoms with E-state index in [4.69, 9.17) is 19.0 Å². The van der Waals surface area contributed by atoms with Crippen molar-refractivity contribution in [2.24, 2.45) is 5.73 Å². The molecule has 0 rings (SSSR count). The molecule has 142 valence electrons. The van der Waals surface area contributed by atoms with Gasteiger partial charge in [0.15, 0.2) is 30.7 Å². The molecule has 0 aromatic carbocycles. The summed E-state index contributed by atoms with van der Waals surface area (Å²) in [7, 11) is -5.54. The van der Waals surface area contributed by atoms with E-state index in [1.165, 1.54) is 0 Å². The standard InChI is InChI=1S/C15H37NO4Si4/c1-12(13(16)17)15(21,20-24(9,10)11)14(2,18-22(3,4)5)19-23(6,7)8/h1H2,2-11,21H3,(H2,16,17). The molecule has 9 heteroatoms. The van der Waals surface area contributed by atoms with Crippen molar-refractivity contribution >= 4 is 41.1 Å². The van der Waals surface area contributed by atoms with Gasteiger partial charge in [-0.15, -0.1) is 0 Å². The first-order chi connectivity index (χ1) is 10.2. The fraction of sp³-hybridized carbons (Fsp3) is 0.800. The van der Waals surface area contributed by atoms with Crippen molar-refractivity contribution < 1.29 is 18.1 Å². The molecule has 0 saturated heterocycles. The summed E-state index contributed by atoms with van der Waals surface area (Å²) < 4.78 is 19.5. The maximum absolute atomic E-state index is 12.0. The molecule has 0 bridgehead atoms. The van der Waals surface area contributed by atoms with Crippen LogP contribution in [0.2, 0.25) is 58.9 Å². The van der Waals surface area contributed by atoms with Crippen molar-refractivity contribution in [2.75, 3.05) is 0 Å². The monoisotopic (exact) mass is 407 g/mol. The quantitative estimate of drug-likeness (QED) is 0.362. The minimum absolute atomic E-state index is 0.246. The molecule has 0 fully saturated rings. The molecule has 0 radical (unpaired) electrons. The minimum atomic E-state index is -2.02. The number of primary amides is 1. The second kappa shape index (κ2) is 7.29. The van der Waals surface area contributed by atoms with Crippen molar-refractivity contribution in [3.05, 3.63) is 12.2 Å². The van der Waals surface area contributed by atoms with E-state index in [1.54, 1.807) is 0 Å². The van der Waals surface area contributed by atoms with Gasteiger partial charge in [-0.2, -0.15) is 0 Å². The first-order valence-electron chi connectivity index (χ1n) is 8.32. The summed E-state index contributed by atoms with van der Waals surface area (Å²) in [6.45, 7) is 24.7. The average Bonchev–Trinajstić information content (AvgIpc) is 2.19. The first-order valence-corrected chi connectivity index (χ1v) is 19.5. The average molecular weight is 408 g/mol. The smallest absolute Gasteiger partial charge is 0.246 e. The Balaban J connectivity index is 6.36. The number of hydrogen-bond donors (Lipinski definition) is 1. The largest absolute Gasteiger partial charge is 0.407 e. The highest BCUT2D eigenvalue weighted by Gasteiger charge is 2.55. The van der Waals surface area contributed by atoms with E-state index in [2.05, 4.69) is 65.5 Å². The Morgan fingerprint density at radius 3 is 1.38 bits per heavy atom. The zero-order chi connectivity index (χ0) is 19.8. The highest BCUT2D eigenvalue weighted by atomic mass is 28.4. The van der Waals surface area contributed by atoms with Crippen molar-refractivity contribution in [1.82, 2.24) is 0 Å². The van der Waals surface area contributed by atoms with Crippen LogP contribution < -0.4 is 5.73 Å². The third-order valence-corrected chi connectivity index (χ3v) is 8.40. The fourth-order valence-electron chi connectivity index (χ4n) is 2.66. The second-order valence-electron chi connectivity index (χ2n) is 9.47. The van der Waals surface area contributed by atoms with Crippen molar-refractivity contribution in [1.29, 1.82) is 0 Å². The molecule has 0 aromatic rings. The van der Waals surface area contributed by atoms with Crippen molar-refractivity contribution in [2.45, 2.75) is 76.9 Å². The SMILES string of the molecule is C=C(C(N)=O)C([SiH3])(O[Si](C)(C)C)C(C)(O[Si](C)(C)C)O[Si](C)(C)C. The number of carbonyl (C=O) groups is 1. The van der Waals surface area contributed by atoms with Gasteiger partial charge in [0.05, 0.1) is 10.2 Å². The Labute approximate surface area is 154 Å². The van der Waals surface area contributed by atoms with E-state index in [0.29, 0.717) is 10.2 Å².